The van der Waals surface area contributed by atoms with Crippen LogP contribution in [-0.2, 0) is 14.8 Å². The van der Waals surface area contributed by atoms with Gasteiger partial charge < -0.3 is 10.1 Å². The standard InChI is InChI=1S/C22H19ClN2O5S/c1-2-30-22(27)18-10-6-7-11-20(18)24-21(26)17-13-12-15(14-19(17)23)25-31(28,29)16-8-4-3-5-9-16/h3-14,25H,2H2,1H3,(H,24,26). The van der Waals surface area contributed by atoms with Gasteiger partial charge in [-0.15, -0.1) is 0 Å². The van der Waals surface area contributed by atoms with E-state index in [-0.39, 0.29) is 39.0 Å². The van der Waals surface area contributed by atoms with Crippen molar-refractivity contribution >= 4 is 44.9 Å². The van der Waals surface area contributed by atoms with Gasteiger partial charge in [-0.3, -0.25) is 9.52 Å². The fourth-order valence-corrected chi connectivity index (χ4v) is 4.08. The van der Waals surface area contributed by atoms with Crippen LogP contribution in [0.4, 0.5) is 11.4 Å². The average molecular weight is 459 g/mol. The van der Waals surface area contributed by atoms with E-state index in [2.05, 4.69) is 10.0 Å². The summed E-state index contributed by atoms with van der Waals surface area (Å²) >= 11 is 6.23. The highest BCUT2D eigenvalue weighted by Crippen LogP contribution is 2.25. The van der Waals surface area contributed by atoms with Crippen LogP contribution in [0.5, 0.6) is 0 Å². The lowest BCUT2D eigenvalue weighted by molar-refractivity contribution is 0.0527. The van der Waals surface area contributed by atoms with Gasteiger partial charge in [0.15, 0.2) is 0 Å². The largest absolute Gasteiger partial charge is 0.462 e. The maximum absolute atomic E-state index is 12.7. The first kappa shape index (κ1) is 22.3. The van der Waals surface area contributed by atoms with Crippen molar-refractivity contribution in [3.8, 4) is 0 Å². The molecule has 31 heavy (non-hydrogen) atoms. The Labute approximate surface area is 185 Å². The van der Waals surface area contributed by atoms with Gasteiger partial charge in [0.05, 0.1) is 39.0 Å². The highest BCUT2D eigenvalue weighted by Gasteiger charge is 2.18. The summed E-state index contributed by atoms with van der Waals surface area (Å²) < 4.78 is 32.3. The van der Waals surface area contributed by atoms with Crippen LogP contribution < -0.4 is 10.0 Å². The van der Waals surface area contributed by atoms with Crippen molar-refractivity contribution in [2.24, 2.45) is 0 Å². The van der Waals surface area contributed by atoms with Crippen LogP contribution in [0.25, 0.3) is 0 Å². The molecule has 3 rings (SSSR count). The number of para-hydroxylation sites is 1. The Morgan fingerprint density at radius 1 is 0.935 bits per heavy atom. The van der Waals surface area contributed by atoms with Crippen molar-refractivity contribution in [3.63, 3.8) is 0 Å². The lowest BCUT2D eigenvalue weighted by atomic mass is 10.1. The van der Waals surface area contributed by atoms with Gasteiger partial charge in [-0.1, -0.05) is 41.9 Å². The molecule has 0 spiro atoms. The molecule has 3 aromatic rings. The highest BCUT2D eigenvalue weighted by atomic mass is 35.5. The normalized spacial score (nSPS) is 10.9. The van der Waals surface area contributed by atoms with Crippen molar-refractivity contribution in [1.29, 1.82) is 0 Å². The molecular weight excluding hydrogens is 440 g/mol. The van der Waals surface area contributed by atoms with E-state index in [1.807, 2.05) is 0 Å². The van der Waals surface area contributed by atoms with Crippen molar-refractivity contribution in [3.05, 3.63) is 88.9 Å². The van der Waals surface area contributed by atoms with Crippen LogP contribution in [0.1, 0.15) is 27.6 Å². The molecule has 0 fully saturated rings. The fourth-order valence-electron chi connectivity index (χ4n) is 2.75. The molecule has 0 saturated carbocycles. The predicted molar refractivity (Wildman–Crippen MR) is 119 cm³/mol. The molecule has 3 aromatic carbocycles. The molecule has 0 saturated heterocycles. The Bertz CT molecular complexity index is 1210. The molecule has 0 radical (unpaired) electrons. The summed E-state index contributed by atoms with van der Waals surface area (Å²) in [7, 11) is -3.79. The minimum atomic E-state index is -3.79. The monoisotopic (exact) mass is 458 g/mol. The van der Waals surface area contributed by atoms with Gasteiger partial charge in [0.1, 0.15) is 0 Å². The van der Waals surface area contributed by atoms with Gasteiger partial charge in [0.25, 0.3) is 15.9 Å². The molecule has 0 bridgehead atoms. The summed E-state index contributed by atoms with van der Waals surface area (Å²) in [5.41, 5.74) is 0.803. The number of anilines is 2. The second-order valence-electron chi connectivity index (χ2n) is 6.33. The average Bonchev–Trinajstić information content (AvgIpc) is 2.74. The lowest BCUT2D eigenvalue weighted by Crippen LogP contribution is -2.17. The van der Waals surface area contributed by atoms with Crippen molar-refractivity contribution in [2.75, 3.05) is 16.6 Å². The molecule has 0 aromatic heterocycles. The number of carbonyl (C=O) groups is 2. The van der Waals surface area contributed by atoms with Crippen LogP contribution in [0, 0.1) is 0 Å². The number of nitrogens with one attached hydrogen (secondary N) is 2. The first-order valence-corrected chi connectivity index (χ1v) is 11.1. The molecule has 9 heteroatoms. The van der Waals surface area contributed by atoms with Gasteiger partial charge in [0, 0.05) is 0 Å². The molecule has 1 amide bonds. The minimum absolute atomic E-state index is 0.0411. The van der Waals surface area contributed by atoms with Crippen molar-refractivity contribution in [2.45, 2.75) is 11.8 Å². The van der Waals surface area contributed by atoms with E-state index in [0.29, 0.717) is 0 Å². The van der Waals surface area contributed by atoms with E-state index < -0.39 is 21.9 Å². The molecule has 7 nitrogen and oxygen atoms in total. The smallest absolute Gasteiger partial charge is 0.340 e. The third-order valence-corrected chi connectivity index (χ3v) is 5.90. The molecule has 0 heterocycles. The van der Waals surface area contributed by atoms with Gasteiger partial charge in [-0.05, 0) is 49.4 Å². The van der Waals surface area contributed by atoms with Crippen LogP contribution in [0.15, 0.2) is 77.7 Å². The first-order chi connectivity index (χ1) is 14.8. The second-order valence-corrected chi connectivity index (χ2v) is 8.42. The van der Waals surface area contributed by atoms with E-state index in [1.54, 1.807) is 43.3 Å². The van der Waals surface area contributed by atoms with Gasteiger partial charge in [-0.2, -0.15) is 0 Å². The van der Waals surface area contributed by atoms with Gasteiger partial charge in [0.2, 0.25) is 0 Å². The topological polar surface area (TPSA) is 102 Å². The molecule has 0 atom stereocenters. The minimum Gasteiger partial charge on any atom is -0.462 e. The zero-order chi connectivity index (χ0) is 22.4. The maximum Gasteiger partial charge on any atom is 0.340 e. The summed E-state index contributed by atoms with van der Waals surface area (Å²) in [6.45, 7) is 1.89. The molecular formula is C22H19ClN2O5S. The Hall–Kier alpha value is -3.36. The number of ether oxygens (including phenoxy) is 1. The van der Waals surface area contributed by atoms with Crippen LogP contribution >= 0.6 is 11.6 Å². The number of amides is 1. The molecule has 0 aliphatic carbocycles. The number of halogens is 1. The second kappa shape index (κ2) is 9.63. The summed E-state index contributed by atoms with van der Waals surface area (Å²) in [6.07, 6.45) is 0. The third kappa shape index (κ3) is 5.42. The quantitative estimate of drug-likeness (QED) is 0.505. The van der Waals surface area contributed by atoms with Crippen molar-refractivity contribution in [1.82, 2.24) is 0 Å². The van der Waals surface area contributed by atoms with Crippen molar-refractivity contribution < 1.29 is 22.7 Å². The van der Waals surface area contributed by atoms with Crippen LogP contribution in [-0.4, -0.2) is 26.9 Å². The number of rotatable bonds is 7. The summed E-state index contributed by atoms with van der Waals surface area (Å²) in [4.78, 5) is 24.9. The zero-order valence-corrected chi connectivity index (χ0v) is 18.0. The Kier molecular flexibility index (Phi) is 6.94. The van der Waals surface area contributed by atoms with E-state index in [1.165, 1.54) is 36.4 Å². The molecule has 0 aliphatic rings. The Morgan fingerprint density at radius 2 is 1.61 bits per heavy atom. The zero-order valence-electron chi connectivity index (χ0n) is 16.5. The Morgan fingerprint density at radius 3 is 2.29 bits per heavy atom. The first-order valence-electron chi connectivity index (χ1n) is 9.26. The van der Waals surface area contributed by atoms with Gasteiger partial charge in [-0.25, -0.2) is 13.2 Å². The number of hydrogen-bond acceptors (Lipinski definition) is 5. The molecule has 160 valence electrons. The number of esters is 1. The van der Waals surface area contributed by atoms with Crippen LogP contribution in [0.3, 0.4) is 0 Å². The number of benzene rings is 3. The summed E-state index contributed by atoms with van der Waals surface area (Å²) in [6, 6.07) is 18.5. The number of sulfonamides is 1. The summed E-state index contributed by atoms with van der Waals surface area (Å²) in [5.74, 6) is -1.12. The third-order valence-electron chi connectivity index (χ3n) is 4.19. The van der Waals surface area contributed by atoms with E-state index in [9.17, 15) is 18.0 Å². The Balaban J connectivity index is 1.80. The molecule has 0 unspecified atom stereocenters. The molecule has 0 aliphatic heterocycles. The summed E-state index contributed by atoms with van der Waals surface area (Å²) in [5, 5.41) is 2.68. The highest BCUT2D eigenvalue weighted by molar-refractivity contribution is 7.92. The van der Waals surface area contributed by atoms with E-state index >= 15 is 0 Å². The SMILES string of the molecule is CCOC(=O)c1ccccc1NC(=O)c1ccc(NS(=O)(=O)c2ccccc2)cc1Cl. The number of hydrogen-bond donors (Lipinski definition) is 2. The van der Waals surface area contributed by atoms with E-state index in [0.717, 1.165) is 0 Å². The molecule has 2 N–H and O–H groups in total. The van der Waals surface area contributed by atoms with E-state index in [4.69, 9.17) is 16.3 Å². The maximum atomic E-state index is 12.7. The lowest BCUT2D eigenvalue weighted by Gasteiger charge is -2.12. The number of carbonyl (C=O) groups excluding carboxylic acids is 2. The predicted octanol–water partition coefficient (Wildman–Crippen LogP) is 4.57. The van der Waals surface area contributed by atoms with Gasteiger partial charge >= 0.3 is 5.97 Å². The fraction of sp³-hybridized carbons (Fsp3) is 0.0909. The van der Waals surface area contributed by atoms with Crippen LogP contribution in [0.2, 0.25) is 5.02 Å².